The minimum Gasteiger partial charge on any atom is -0.466 e. The molecule has 9 heteroatoms. The zero-order valence-corrected chi connectivity index (χ0v) is 14.8. The fourth-order valence-electron chi connectivity index (χ4n) is 3.20. The van der Waals surface area contributed by atoms with Gasteiger partial charge in [0, 0.05) is 18.7 Å². The first-order valence-corrected chi connectivity index (χ1v) is 8.68. The van der Waals surface area contributed by atoms with Crippen molar-refractivity contribution in [2.24, 2.45) is 5.92 Å². The highest BCUT2D eigenvalue weighted by atomic mass is 19.1. The van der Waals surface area contributed by atoms with Crippen LogP contribution in [0.1, 0.15) is 19.8 Å². The second kappa shape index (κ2) is 8.07. The molecule has 0 spiro atoms. The van der Waals surface area contributed by atoms with E-state index in [9.17, 15) is 19.3 Å². The monoisotopic (exact) mass is 374 g/mol. The number of ether oxygens (including phenoxy) is 1. The van der Waals surface area contributed by atoms with E-state index in [0.29, 0.717) is 38.1 Å². The van der Waals surface area contributed by atoms with Crippen molar-refractivity contribution in [2.75, 3.05) is 24.6 Å². The van der Waals surface area contributed by atoms with Crippen LogP contribution in [0.25, 0.3) is 11.3 Å². The summed E-state index contributed by atoms with van der Waals surface area (Å²) in [6.07, 6.45) is 2.28. The normalized spacial score (nSPS) is 14.8. The molecule has 1 fully saturated rings. The van der Waals surface area contributed by atoms with Gasteiger partial charge in [-0.25, -0.2) is 14.4 Å². The van der Waals surface area contributed by atoms with E-state index < -0.39 is 10.7 Å². The van der Waals surface area contributed by atoms with Crippen molar-refractivity contribution in [3.63, 3.8) is 0 Å². The number of halogens is 1. The summed E-state index contributed by atoms with van der Waals surface area (Å²) in [7, 11) is 0. The van der Waals surface area contributed by atoms with E-state index in [0.717, 1.165) is 0 Å². The maximum Gasteiger partial charge on any atom is 0.337 e. The quantitative estimate of drug-likeness (QED) is 0.451. The number of anilines is 1. The Morgan fingerprint density at radius 3 is 2.74 bits per heavy atom. The van der Waals surface area contributed by atoms with Crippen molar-refractivity contribution < 1.29 is 18.8 Å². The van der Waals surface area contributed by atoms with Gasteiger partial charge in [0.15, 0.2) is 5.69 Å². The average molecular weight is 374 g/mol. The average Bonchev–Trinajstić information content (AvgIpc) is 2.67. The van der Waals surface area contributed by atoms with E-state index in [-0.39, 0.29) is 29.1 Å². The van der Waals surface area contributed by atoms with Crippen LogP contribution in [0, 0.1) is 21.8 Å². The molecular formula is C18H19FN4O4. The third-order valence-electron chi connectivity index (χ3n) is 4.50. The number of nitrogens with zero attached hydrogens (tertiary/aromatic N) is 4. The second-order valence-corrected chi connectivity index (χ2v) is 6.18. The Balaban J connectivity index is 1.90. The van der Waals surface area contributed by atoms with Crippen LogP contribution in [0.2, 0.25) is 0 Å². The molecule has 27 heavy (non-hydrogen) atoms. The number of hydrogen-bond acceptors (Lipinski definition) is 7. The van der Waals surface area contributed by atoms with E-state index in [1.165, 1.54) is 24.5 Å². The van der Waals surface area contributed by atoms with Crippen molar-refractivity contribution in [1.29, 1.82) is 0 Å². The van der Waals surface area contributed by atoms with E-state index in [4.69, 9.17) is 4.74 Å². The molecule has 1 aliphatic heterocycles. The molecule has 0 amide bonds. The minimum atomic E-state index is -0.549. The first-order valence-electron chi connectivity index (χ1n) is 8.68. The molecule has 1 aliphatic rings. The van der Waals surface area contributed by atoms with Gasteiger partial charge in [-0.3, -0.25) is 14.9 Å². The summed E-state index contributed by atoms with van der Waals surface area (Å²) in [6.45, 7) is 2.95. The third-order valence-corrected chi connectivity index (χ3v) is 4.50. The third kappa shape index (κ3) is 4.02. The van der Waals surface area contributed by atoms with Gasteiger partial charge in [-0.05, 0) is 31.9 Å². The van der Waals surface area contributed by atoms with Crippen molar-refractivity contribution >= 4 is 17.5 Å². The summed E-state index contributed by atoms with van der Waals surface area (Å²) in [5, 5.41) is 11.7. The molecule has 2 heterocycles. The summed E-state index contributed by atoms with van der Waals surface area (Å²) >= 11 is 0. The van der Waals surface area contributed by atoms with Gasteiger partial charge in [-0.1, -0.05) is 12.1 Å². The molecule has 0 aliphatic carbocycles. The molecule has 0 radical (unpaired) electrons. The maximum absolute atomic E-state index is 13.6. The zero-order chi connectivity index (χ0) is 19.4. The maximum atomic E-state index is 13.6. The van der Waals surface area contributed by atoms with Crippen LogP contribution in [0.3, 0.4) is 0 Å². The number of benzene rings is 1. The molecule has 8 nitrogen and oxygen atoms in total. The molecule has 2 aromatic rings. The number of rotatable bonds is 5. The number of piperidine rings is 1. The van der Waals surface area contributed by atoms with Crippen molar-refractivity contribution in [3.8, 4) is 11.3 Å². The molecule has 0 saturated carbocycles. The van der Waals surface area contributed by atoms with Gasteiger partial charge in [0.2, 0.25) is 5.82 Å². The SMILES string of the molecule is CCOC(=O)C1CCN(c2ncnc(-c3cccc(F)c3)c2[N+](=O)[O-])CC1. The Hall–Kier alpha value is -3.10. The fourth-order valence-corrected chi connectivity index (χ4v) is 3.20. The van der Waals surface area contributed by atoms with Crippen molar-refractivity contribution in [1.82, 2.24) is 9.97 Å². The zero-order valence-electron chi connectivity index (χ0n) is 14.8. The number of carbonyl (C=O) groups is 1. The fraction of sp³-hybridized carbons (Fsp3) is 0.389. The molecule has 1 aromatic carbocycles. The van der Waals surface area contributed by atoms with Gasteiger partial charge in [0.1, 0.15) is 12.1 Å². The predicted molar refractivity (Wildman–Crippen MR) is 95.7 cm³/mol. The van der Waals surface area contributed by atoms with Crippen LogP contribution in [-0.4, -0.2) is 40.6 Å². The number of esters is 1. The summed E-state index contributed by atoms with van der Waals surface area (Å²) < 4.78 is 18.6. The van der Waals surface area contributed by atoms with Crippen LogP contribution in [0.4, 0.5) is 15.9 Å². The Labute approximate surface area is 155 Å². The molecule has 3 rings (SSSR count). The molecule has 0 bridgehead atoms. The van der Waals surface area contributed by atoms with Gasteiger partial charge >= 0.3 is 11.7 Å². The second-order valence-electron chi connectivity index (χ2n) is 6.18. The van der Waals surface area contributed by atoms with Crippen molar-refractivity contribution in [2.45, 2.75) is 19.8 Å². The van der Waals surface area contributed by atoms with Crippen molar-refractivity contribution in [3.05, 3.63) is 46.5 Å². The largest absolute Gasteiger partial charge is 0.466 e. The number of aromatic nitrogens is 2. The first-order chi connectivity index (χ1) is 13.0. The minimum absolute atomic E-state index is 0.0667. The Kier molecular flexibility index (Phi) is 5.58. The van der Waals surface area contributed by atoms with Crippen LogP contribution >= 0.6 is 0 Å². The number of hydrogen-bond donors (Lipinski definition) is 0. The molecule has 1 aromatic heterocycles. The van der Waals surface area contributed by atoms with Gasteiger partial charge in [-0.2, -0.15) is 0 Å². The topological polar surface area (TPSA) is 98.5 Å². The van der Waals surface area contributed by atoms with E-state index in [1.54, 1.807) is 17.9 Å². The lowest BCUT2D eigenvalue weighted by Crippen LogP contribution is -2.37. The Morgan fingerprint density at radius 2 is 2.11 bits per heavy atom. The highest BCUT2D eigenvalue weighted by Gasteiger charge is 2.32. The lowest BCUT2D eigenvalue weighted by atomic mass is 9.97. The Bertz CT molecular complexity index is 853. The molecule has 142 valence electrons. The van der Waals surface area contributed by atoms with E-state index in [1.807, 2.05) is 0 Å². The van der Waals surface area contributed by atoms with Gasteiger partial charge in [0.25, 0.3) is 0 Å². The summed E-state index contributed by atoms with van der Waals surface area (Å²) in [5.74, 6) is -0.784. The molecule has 1 saturated heterocycles. The van der Waals surface area contributed by atoms with E-state index in [2.05, 4.69) is 9.97 Å². The molecular weight excluding hydrogens is 355 g/mol. The molecule has 0 unspecified atom stereocenters. The summed E-state index contributed by atoms with van der Waals surface area (Å²) in [4.78, 5) is 32.9. The van der Waals surface area contributed by atoms with Crippen LogP contribution < -0.4 is 4.90 Å². The lowest BCUT2D eigenvalue weighted by Gasteiger charge is -2.31. The van der Waals surface area contributed by atoms with E-state index >= 15 is 0 Å². The standard InChI is InChI=1S/C18H19FN4O4/c1-2-27-18(24)12-6-8-22(9-7-12)17-16(23(25)26)15(20-11-21-17)13-4-3-5-14(19)10-13/h3-5,10-12H,2,6-9H2,1H3. The highest BCUT2D eigenvalue weighted by Crippen LogP contribution is 2.36. The molecule has 0 N–H and O–H groups in total. The smallest absolute Gasteiger partial charge is 0.337 e. The van der Waals surface area contributed by atoms with Crippen LogP contribution in [-0.2, 0) is 9.53 Å². The number of carbonyl (C=O) groups excluding carboxylic acids is 1. The van der Waals surface area contributed by atoms with Gasteiger partial charge in [-0.15, -0.1) is 0 Å². The first kappa shape index (κ1) is 18.7. The molecule has 0 atom stereocenters. The van der Waals surface area contributed by atoms with Gasteiger partial charge < -0.3 is 9.64 Å². The lowest BCUT2D eigenvalue weighted by molar-refractivity contribution is -0.383. The summed E-state index contributed by atoms with van der Waals surface area (Å²) in [6, 6.07) is 5.50. The Morgan fingerprint density at radius 1 is 1.37 bits per heavy atom. The summed E-state index contributed by atoms with van der Waals surface area (Å²) in [5.41, 5.74) is 0.112. The number of nitro groups is 1. The predicted octanol–water partition coefficient (Wildman–Crippen LogP) is 2.97. The van der Waals surface area contributed by atoms with Gasteiger partial charge in [0.05, 0.1) is 17.4 Å². The highest BCUT2D eigenvalue weighted by molar-refractivity contribution is 5.78. The van der Waals surface area contributed by atoms with Crippen LogP contribution in [0.15, 0.2) is 30.6 Å². The van der Waals surface area contributed by atoms with Crippen LogP contribution in [0.5, 0.6) is 0 Å².